The summed E-state index contributed by atoms with van der Waals surface area (Å²) in [4.78, 5) is 37.4. The molecule has 1 unspecified atom stereocenters. The van der Waals surface area contributed by atoms with E-state index in [-0.39, 0.29) is 6.42 Å². The van der Waals surface area contributed by atoms with Crippen molar-refractivity contribution in [3.8, 4) is 0 Å². The maximum Gasteiger partial charge on any atom is 0.408 e. The number of alkyl carbamates (subject to hydrolysis) is 1. The van der Waals surface area contributed by atoms with Crippen molar-refractivity contribution in [1.82, 2.24) is 5.32 Å². The van der Waals surface area contributed by atoms with Crippen molar-refractivity contribution < 1.29 is 28.6 Å². The molecule has 0 aromatic carbocycles. The van der Waals surface area contributed by atoms with Crippen LogP contribution in [0.1, 0.15) is 75.2 Å². The van der Waals surface area contributed by atoms with Crippen LogP contribution in [0.15, 0.2) is 12.7 Å². The minimum Gasteiger partial charge on any atom is -0.460 e. The zero-order valence-electron chi connectivity index (χ0n) is 18.8. The first-order chi connectivity index (χ1) is 12.4. The first kappa shape index (κ1) is 26.0. The predicted octanol–water partition coefficient (Wildman–Crippen LogP) is 4.15. The Kier molecular flexibility index (Phi) is 9.21. The SMILES string of the molecule is C=CCC(C[C@@H](NC(=O)OC(C)(C)C)C(=O)OC(C)(C)C)C(=O)OC(C)(C)C. The van der Waals surface area contributed by atoms with Crippen LogP contribution in [-0.2, 0) is 23.8 Å². The summed E-state index contributed by atoms with van der Waals surface area (Å²) < 4.78 is 16.1. The van der Waals surface area contributed by atoms with Gasteiger partial charge in [-0.05, 0) is 75.2 Å². The Morgan fingerprint density at radius 2 is 1.25 bits per heavy atom. The van der Waals surface area contributed by atoms with Crippen LogP contribution in [0, 0.1) is 5.92 Å². The van der Waals surface area contributed by atoms with Crippen LogP contribution < -0.4 is 5.32 Å². The third-order valence-corrected chi connectivity index (χ3v) is 3.09. The molecule has 0 rings (SSSR count). The van der Waals surface area contributed by atoms with Crippen molar-refractivity contribution in [3.63, 3.8) is 0 Å². The molecule has 0 radical (unpaired) electrons. The average molecular weight is 400 g/mol. The highest BCUT2D eigenvalue weighted by molar-refractivity contribution is 5.83. The topological polar surface area (TPSA) is 90.9 Å². The van der Waals surface area contributed by atoms with E-state index in [0.717, 1.165) is 0 Å². The minimum absolute atomic E-state index is 0.00902. The van der Waals surface area contributed by atoms with E-state index in [1.165, 1.54) is 0 Å². The van der Waals surface area contributed by atoms with Crippen LogP contribution in [0.25, 0.3) is 0 Å². The highest BCUT2D eigenvalue weighted by atomic mass is 16.6. The summed E-state index contributed by atoms with van der Waals surface area (Å²) in [7, 11) is 0. The number of esters is 2. The molecule has 0 bridgehead atoms. The predicted molar refractivity (Wildman–Crippen MR) is 108 cm³/mol. The van der Waals surface area contributed by atoms with Crippen LogP contribution in [0.4, 0.5) is 4.79 Å². The van der Waals surface area contributed by atoms with E-state index in [9.17, 15) is 14.4 Å². The van der Waals surface area contributed by atoms with Gasteiger partial charge in [0.2, 0.25) is 0 Å². The molecule has 0 aliphatic carbocycles. The van der Waals surface area contributed by atoms with Gasteiger partial charge in [-0.25, -0.2) is 9.59 Å². The van der Waals surface area contributed by atoms with E-state index in [1.54, 1.807) is 68.4 Å². The Morgan fingerprint density at radius 1 is 0.821 bits per heavy atom. The van der Waals surface area contributed by atoms with Gasteiger partial charge in [-0.1, -0.05) is 6.08 Å². The Bertz CT molecular complexity index is 563. The fourth-order valence-corrected chi connectivity index (χ4v) is 2.20. The number of rotatable bonds is 7. The van der Waals surface area contributed by atoms with Crippen molar-refractivity contribution in [3.05, 3.63) is 12.7 Å². The van der Waals surface area contributed by atoms with Gasteiger partial charge in [0.05, 0.1) is 5.92 Å². The summed E-state index contributed by atoms with van der Waals surface area (Å²) in [6.07, 6.45) is 1.12. The molecule has 28 heavy (non-hydrogen) atoms. The second kappa shape index (κ2) is 9.94. The first-order valence-electron chi connectivity index (χ1n) is 9.49. The lowest BCUT2D eigenvalue weighted by atomic mass is 9.96. The molecule has 0 heterocycles. The van der Waals surface area contributed by atoms with E-state index in [4.69, 9.17) is 14.2 Å². The molecule has 0 fully saturated rings. The van der Waals surface area contributed by atoms with Crippen molar-refractivity contribution >= 4 is 18.0 Å². The largest absolute Gasteiger partial charge is 0.460 e. The third kappa shape index (κ3) is 12.4. The summed E-state index contributed by atoms with van der Waals surface area (Å²) in [5.41, 5.74) is -2.14. The molecule has 1 N–H and O–H groups in total. The standard InChI is InChI=1S/C21H37NO6/c1-11-12-14(16(23)26-19(2,3)4)13-15(17(24)27-20(5,6)7)22-18(25)28-21(8,9)10/h11,14-15H,1,12-13H2,2-10H3,(H,22,25)/t14?,15-/m1/s1. The summed E-state index contributed by atoms with van der Waals surface area (Å²) in [5.74, 6) is -1.77. The molecular formula is C21H37NO6. The van der Waals surface area contributed by atoms with Crippen LogP contribution in [0.2, 0.25) is 0 Å². The van der Waals surface area contributed by atoms with Crippen molar-refractivity contribution in [2.45, 2.75) is 98.0 Å². The monoisotopic (exact) mass is 399 g/mol. The van der Waals surface area contributed by atoms with E-state index in [2.05, 4.69) is 11.9 Å². The second-order valence-corrected chi connectivity index (χ2v) is 9.72. The molecular weight excluding hydrogens is 362 g/mol. The number of carbonyl (C=O) groups excluding carboxylic acids is 3. The van der Waals surface area contributed by atoms with Gasteiger partial charge in [-0.2, -0.15) is 0 Å². The molecule has 0 saturated heterocycles. The number of allylic oxidation sites excluding steroid dienone is 1. The molecule has 7 nitrogen and oxygen atoms in total. The fourth-order valence-electron chi connectivity index (χ4n) is 2.20. The molecule has 0 aromatic heterocycles. The number of carbonyl (C=O) groups is 3. The summed E-state index contributed by atoms with van der Waals surface area (Å²) in [6.45, 7) is 19.3. The van der Waals surface area contributed by atoms with Gasteiger partial charge in [0.15, 0.2) is 0 Å². The van der Waals surface area contributed by atoms with Gasteiger partial charge < -0.3 is 19.5 Å². The van der Waals surface area contributed by atoms with Crippen LogP contribution in [-0.4, -0.2) is 40.9 Å². The van der Waals surface area contributed by atoms with Crippen LogP contribution >= 0.6 is 0 Å². The number of ether oxygens (including phenoxy) is 3. The van der Waals surface area contributed by atoms with Crippen molar-refractivity contribution in [2.24, 2.45) is 5.92 Å². The van der Waals surface area contributed by atoms with E-state index in [0.29, 0.717) is 6.42 Å². The summed E-state index contributed by atoms with van der Waals surface area (Å²) in [5, 5.41) is 2.52. The molecule has 162 valence electrons. The maximum atomic E-state index is 12.6. The molecule has 7 heteroatoms. The van der Waals surface area contributed by atoms with Crippen LogP contribution in [0.3, 0.4) is 0 Å². The molecule has 0 aliphatic heterocycles. The average Bonchev–Trinajstić information content (AvgIpc) is 2.39. The smallest absolute Gasteiger partial charge is 0.408 e. The lowest BCUT2D eigenvalue weighted by molar-refractivity contribution is -0.162. The molecule has 0 aliphatic rings. The minimum atomic E-state index is -1.06. The van der Waals surface area contributed by atoms with Crippen molar-refractivity contribution in [2.75, 3.05) is 0 Å². The van der Waals surface area contributed by atoms with E-state index < -0.39 is 46.8 Å². The van der Waals surface area contributed by atoms with Gasteiger partial charge in [-0.15, -0.1) is 6.58 Å². The van der Waals surface area contributed by atoms with E-state index in [1.807, 2.05) is 0 Å². The summed E-state index contributed by atoms with van der Waals surface area (Å²) in [6, 6.07) is -1.06. The van der Waals surface area contributed by atoms with Gasteiger partial charge in [0.1, 0.15) is 22.8 Å². The van der Waals surface area contributed by atoms with Gasteiger partial charge in [0.25, 0.3) is 0 Å². The summed E-state index contributed by atoms with van der Waals surface area (Å²) >= 11 is 0. The van der Waals surface area contributed by atoms with Gasteiger partial charge in [0, 0.05) is 0 Å². The highest BCUT2D eigenvalue weighted by Gasteiger charge is 2.34. The first-order valence-corrected chi connectivity index (χ1v) is 9.49. The number of nitrogens with one attached hydrogen (secondary N) is 1. The van der Waals surface area contributed by atoms with Crippen molar-refractivity contribution in [1.29, 1.82) is 0 Å². The van der Waals surface area contributed by atoms with E-state index >= 15 is 0 Å². The lowest BCUT2D eigenvalue weighted by Gasteiger charge is -2.29. The van der Waals surface area contributed by atoms with Gasteiger partial charge >= 0.3 is 18.0 Å². The lowest BCUT2D eigenvalue weighted by Crippen LogP contribution is -2.47. The molecule has 0 saturated carbocycles. The molecule has 1 amide bonds. The molecule has 0 spiro atoms. The van der Waals surface area contributed by atoms with Crippen LogP contribution in [0.5, 0.6) is 0 Å². The molecule has 2 atom stereocenters. The second-order valence-electron chi connectivity index (χ2n) is 9.72. The maximum absolute atomic E-state index is 12.6. The third-order valence-electron chi connectivity index (χ3n) is 3.09. The van der Waals surface area contributed by atoms with Gasteiger partial charge in [-0.3, -0.25) is 4.79 Å². The number of hydrogen-bond donors (Lipinski definition) is 1. The Hall–Kier alpha value is -2.05. The fraction of sp³-hybridized carbons (Fsp3) is 0.762. The number of amides is 1. The molecule has 0 aromatic rings. The Balaban J connectivity index is 5.49. The zero-order valence-corrected chi connectivity index (χ0v) is 18.8. The Labute approximate surface area is 169 Å². The number of hydrogen-bond acceptors (Lipinski definition) is 6. The quantitative estimate of drug-likeness (QED) is 0.393. The Morgan fingerprint density at radius 3 is 1.64 bits per heavy atom. The zero-order chi connectivity index (χ0) is 22.3. The highest BCUT2D eigenvalue weighted by Crippen LogP contribution is 2.21. The normalized spacial score (nSPS) is 14.5.